The molecule has 1 saturated carbocycles. The van der Waals surface area contributed by atoms with E-state index < -0.39 is 32.4 Å². The summed E-state index contributed by atoms with van der Waals surface area (Å²) in [4.78, 5) is 11.2. The fraction of sp³-hybridized carbons (Fsp3) is 0.696. The zero-order chi connectivity index (χ0) is 21.8. The second-order valence-corrected chi connectivity index (χ2v) is 14.8. The van der Waals surface area contributed by atoms with Gasteiger partial charge in [-0.1, -0.05) is 51.1 Å². The third-order valence-electron chi connectivity index (χ3n) is 6.83. The molecule has 0 radical (unpaired) electrons. The molecular formula is C23H38O5Si. The number of carboxylic acid groups (broad SMARTS) is 1. The second kappa shape index (κ2) is 9.73. The van der Waals surface area contributed by atoms with Gasteiger partial charge in [0.15, 0.2) is 8.32 Å². The van der Waals surface area contributed by atoms with Gasteiger partial charge < -0.3 is 19.7 Å². The van der Waals surface area contributed by atoms with Crippen molar-refractivity contribution < 1.29 is 24.5 Å². The Morgan fingerprint density at radius 2 is 1.72 bits per heavy atom. The molecular weight excluding hydrogens is 384 g/mol. The Kier molecular flexibility index (Phi) is 8.07. The van der Waals surface area contributed by atoms with Crippen molar-refractivity contribution in [1.82, 2.24) is 0 Å². The number of hydrogen-bond acceptors (Lipinski definition) is 4. The first-order valence-corrected chi connectivity index (χ1v) is 13.6. The number of hydrogen-bond donors (Lipinski definition) is 3. The minimum absolute atomic E-state index is 0.00807. The predicted octanol–water partition coefficient (Wildman–Crippen LogP) is 4.23. The molecule has 2 rings (SSSR count). The third-order valence-corrected chi connectivity index (χ3v) is 11.4. The highest BCUT2D eigenvalue weighted by molar-refractivity contribution is 6.74. The van der Waals surface area contributed by atoms with Crippen LogP contribution in [0, 0.1) is 11.8 Å². The number of rotatable bonds is 9. The SMILES string of the molecule is CC(C)(C)[Si](C)(C)O[C@@H](CC[C@@H]1[C@@H](CC(=O)O)[C@@H](O)C[C@H]1O)Cc1ccccc1. The van der Waals surface area contributed by atoms with E-state index in [1.165, 1.54) is 5.56 Å². The van der Waals surface area contributed by atoms with Gasteiger partial charge in [-0.2, -0.15) is 0 Å². The van der Waals surface area contributed by atoms with E-state index in [-0.39, 0.29) is 29.9 Å². The summed E-state index contributed by atoms with van der Waals surface area (Å²) < 4.78 is 6.72. The van der Waals surface area contributed by atoms with Crippen molar-refractivity contribution in [1.29, 1.82) is 0 Å². The zero-order valence-electron chi connectivity index (χ0n) is 18.5. The number of carboxylic acids is 1. The first-order valence-electron chi connectivity index (χ1n) is 10.7. The van der Waals surface area contributed by atoms with Crippen LogP contribution in [0.1, 0.15) is 52.0 Å². The van der Waals surface area contributed by atoms with E-state index >= 15 is 0 Å². The number of aliphatic hydroxyl groups excluding tert-OH is 2. The topological polar surface area (TPSA) is 87.0 Å². The first kappa shape index (κ1) is 24.1. The summed E-state index contributed by atoms with van der Waals surface area (Å²) in [6.45, 7) is 11.1. The second-order valence-electron chi connectivity index (χ2n) is 10.1. The van der Waals surface area contributed by atoms with Crippen LogP contribution < -0.4 is 0 Å². The van der Waals surface area contributed by atoms with Crippen LogP contribution in [0.2, 0.25) is 18.1 Å². The van der Waals surface area contributed by atoms with Crippen molar-refractivity contribution in [3.8, 4) is 0 Å². The Balaban J connectivity index is 2.13. The van der Waals surface area contributed by atoms with Gasteiger partial charge in [0.1, 0.15) is 0 Å². The molecule has 0 spiro atoms. The van der Waals surface area contributed by atoms with Gasteiger partial charge in [-0.15, -0.1) is 0 Å². The Morgan fingerprint density at radius 3 is 2.28 bits per heavy atom. The van der Waals surface area contributed by atoms with Crippen LogP contribution >= 0.6 is 0 Å². The van der Waals surface area contributed by atoms with Gasteiger partial charge >= 0.3 is 5.97 Å². The minimum Gasteiger partial charge on any atom is -0.481 e. The molecule has 0 saturated heterocycles. The summed E-state index contributed by atoms with van der Waals surface area (Å²) in [6, 6.07) is 10.3. The summed E-state index contributed by atoms with van der Waals surface area (Å²) in [6.07, 6.45) is 0.953. The molecule has 6 heteroatoms. The first-order chi connectivity index (χ1) is 13.4. The Labute approximate surface area is 176 Å². The van der Waals surface area contributed by atoms with Crippen LogP contribution in [0.4, 0.5) is 0 Å². The van der Waals surface area contributed by atoms with Gasteiger partial charge in [0, 0.05) is 12.0 Å². The molecule has 1 fully saturated rings. The van der Waals surface area contributed by atoms with Crippen molar-refractivity contribution in [2.24, 2.45) is 11.8 Å². The lowest BCUT2D eigenvalue weighted by Gasteiger charge is -2.40. The third kappa shape index (κ3) is 6.64. The van der Waals surface area contributed by atoms with E-state index in [1.807, 2.05) is 18.2 Å². The van der Waals surface area contributed by atoms with Crippen molar-refractivity contribution in [3.63, 3.8) is 0 Å². The molecule has 29 heavy (non-hydrogen) atoms. The molecule has 0 aliphatic heterocycles. The Bertz CT molecular complexity index is 655. The highest BCUT2D eigenvalue weighted by atomic mass is 28.4. The van der Waals surface area contributed by atoms with E-state index in [4.69, 9.17) is 4.43 Å². The summed E-state index contributed by atoms with van der Waals surface area (Å²) in [5.74, 6) is -1.53. The highest BCUT2D eigenvalue weighted by Crippen LogP contribution is 2.41. The van der Waals surface area contributed by atoms with Crippen LogP contribution in [0.15, 0.2) is 30.3 Å². The van der Waals surface area contributed by atoms with Crippen molar-refractivity contribution in [2.45, 2.75) is 89.3 Å². The molecule has 1 aliphatic carbocycles. The maximum atomic E-state index is 11.2. The van der Waals surface area contributed by atoms with E-state index in [0.717, 1.165) is 12.8 Å². The van der Waals surface area contributed by atoms with E-state index in [0.29, 0.717) is 6.42 Å². The largest absolute Gasteiger partial charge is 0.481 e. The van der Waals surface area contributed by atoms with Crippen LogP contribution in [0.5, 0.6) is 0 Å². The quantitative estimate of drug-likeness (QED) is 0.518. The van der Waals surface area contributed by atoms with Gasteiger partial charge in [-0.25, -0.2) is 0 Å². The lowest BCUT2D eigenvalue weighted by atomic mass is 9.86. The summed E-state index contributed by atoms with van der Waals surface area (Å²) >= 11 is 0. The molecule has 1 aromatic carbocycles. The predicted molar refractivity (Wildman–Crippen MR) is 117 cm³/mol. The lowest BCUT2D eigenvalue weighted by molar-refractivity contribution is -0.139. The molecule has 1 aromatic rings. The molecule has 0 unspecified atom stereocenters. The summed E-state index contributed by atoms with van der Waals surface area (Å²) in [5, 5.41) is 29.9. The summed E-state index contributed by atoms with van der Waals surface area (Å²) in [5.41, 5.74) is 1.21. The normalized spacial score (nSPS) is 26.4. The number of aliphatic hydroxyl groups is 2. The van der Waals surface area contributed by atoms with Gasteiger partial charge in [-0.05, 0) is 55.3 Å². The lowest BCUT2D eigenvalue weighted by Crippen LogP contribution is -2.44. The fourth-order valence-corrected chi connectivity index (χ4v) is 5.50. The van der Waals surface area contributed by atoms with Crippen LogP contribution in [0.3, 0.4) is 0 Å². The van der Waals surface area contributed by atoms with Gasteiger partial charge in [0.2, 0.25) is 0 Å². The highest BCUT2D eigenvalue weighted by Gasteiger charge is 2.43. The molecule has 1 aliphatic rings. The fourth-order valence-electron chi connectivity index (χ4n) is 4.11. The van der Waals surface area contributed by atoms with Gasteiger partial charge in [-0.3, -0.25) is 4.79 Å². The maximum absolute atomic E-state index is 11.2. The van der Waals surface area contributed by atoms with Gasteiger partial charge in [0.25, 0.3) is 0 Å². The Morgan fingerprint density at radius 1 is 1.14 bits per heavy atom. The molecule has 0 amide bonds. The molecule has 164 valence electrons. The van der Waals surface area contributed by atoms with Crippen LogP contribution in [0.25, 0.3) is 0 Å². The van der Waals surface area contributed by atoms with Crippen molar-refractivity contribution >= 4 is 14.3 Å². The maximum Gasteiger partial charge on any atom is 0.303 e. The molecule has 0 aromatic heterocycles. The molecule has 0 bridgehead atoms. The number of benzene rings is 1. The number of aliphatic carboxylic acids is 1. The molecule has 3 N–H and O–H groups in total. The average molecular weight is 423 g/mol. The monoisotopic (exact) mass is 422 g/mol. The standard InChI is InChI=1S/C23H38O5Si/c1-23(2,3)29(4,5)28-17(13-16-9-7-6-8-10-16)11-12-18-19(14-22(26)27)21(25)15-20(18)24/h6-10,17-21,24-25H,11-15H2,1-5H3,(H,26,27)/t17-,18+,19+,20+,21-/m0/s1. The van der Waals surface area contributed by atoms with Crippen LogP contribution in [-0.2, 0) is 15.6 Å². The van der Waals surface area contributed by atoms with Crippen LogP contribution in [-0.4, -0.2) is 47.9 Å². The average Bonchev–Trinajstić information content (AvgIpc) is 2.85. The van der Waals surface area contributed by atoms with E-state index in [1.54, 1.807) is 0 Å². The molecule has 5 nitrogen and oxygen atoms in total. The molecule has 5 atom stereocenters. The van der Waals surface area contributed by atoms with E-state index in [2.05, 4.69) is 46.0 Å². The van der Waals surface area contributed by atoms with Crippen molar-refractivity contribution in [2.75, 3.05) is 0 Å². The molecule has 0 heterocycles. The minimum atomic E-state index is -1.98. The van der Waals surface area contributed by atoms with Gasteiger partial charge in [0.05, 0.1) is 18.6 Å². The van der Waals surface area contributed by atoms with Crippen molar-refractivity contribution in [3.05, 3.63) is 35.9 Å². The summed E-state index contributed by atoms with van der Waals surface area (Å²) in [7, 11) is -1.98. The van der Waals surface area contributed by atoms with E-state index in [9.17, 15) is 20.1 Å². The number of carbonyl (C=O) groups is 1. The zero-order valence-corrected chi connectivity index (χ0v) is 19.5. The smallest absolute Gasteiger partial charge is 0.303 e. The Hall–Kier alpha value is -1.21.